The molecule has 0 unspecified atom stereocenters. The summed E-state index contributed by atoms with van der Waals surface area (Å²) in [7, 11) is 1.26. The molecule has 104 valence electrons. The molecule has 5 nitrogen and oxygen atoms in total. The molecule has 1 N–H and O–H groups in total. The van der Waals surface area contributed by atoms with Crippen molar-refractivity contribution in [3.8, 4) is 0 Å². The number of furan rings is 1. The van der Waals surface area contributed by atoms with E-state index < -0.39 is 6.09 Å². The number of hydrogen-bond donors (Lipinski definition) is 1. The number of hydrazone groups is 1. The van der Waals surface area contributed by atoms with Crippen molar-refractivity contribution >= 4 is 35.7 Å². The number of carbonyl (C=O) groups excluding carboxylic acids is 1. The zero-order chi connectivity index (χ0) is 14.4. The van der Waals surface area contributed by atoms with Gasteiger partial charge in [-0.05, 0) is 36.4 Å². The number of amides is 1. The van der Waals surface area contributed by atoms with Gasteiger partial charge in [-0.2, -0.15) is 5.10 Å². The summed E-state index contributed by atoms with van der Waals surface area (Å²) in [5, 5.41) is 5.08. The molecule has 1 heterocycles. The Morgan fingerprint density at radius 1 is 1.35 bits per heavy atom. The number of rotatable bonds is 4. The van der Waals surface area contributed by atoms with Crippen molar-refractivity contribution in [1.82, 2.24) is 5.43 Å². The highest BCUT2D eigenvalue weighted by Gasteiger charge is 2.03. The second-order valence-corrected chi connectivity index (χ2v) is 5.09. The fraction of sp³-hybridized carbons (Fsp3) is 0.0769. The molecular weight excluding hydrogens is 300 g/mol. The van der Waals surface area contributed by atoms with Crippen molar-refractivity contribution in [3.05, 3.63) is 47.2 Å². The van der Waals surface area contributed by atoms with Gasteiger partial charge in [-0.3, -0.25) is 0 Å². The molecule has 7 heteroatoms. The molecule has 0 aliphatic rings. The Morgan fingerprint density at radius 3 is 2.80 bits per heavy atom. The molecule has 1 amide bonds. The maximum absolute atomic E-state index is 10.8. The highest BCUT2D eigenvalue weighted by atomic mass is 35.5. The van der Waals surface area contributed by atoms with E-state index in [0.29, 0.717) is 15.9 Å². The minimum absolute atomic E-state index is 0.526. The van der Waals surface area contributed by atoms with E-state index in [-0.39, 0.29) is 0 Å². The van der Waals surface area contributed by atoms with Crippen LogP contribution in [0.25, 0.3) is 0 Å². The monoisotopic (exact) mass is 310 g/mol. The first-order valence-electron chi connectivity index (χ1n) is 5.57. The topological polar surface area (TPSA) is 63.8 Å². The Hall–Kier alpha value is -1.92. The zero-order valence-electron chi connectivity index (χ0n) is 10.5. The molecule has 0 aliphatic carbocycles. The average Bonchev–Trinajstić information content (AvgIpc) is 2.89. The standard InChI is InChI=1S/C13H11ClN2O3S/c1-18-13(17)16-15-8-10-4-7-12(19-10)20-11-5-2-9(14)3-6-11/h2-8H,1H3,(H,16,17)/b15-8+. The van der Waals surface area contributed by atoms with Gasteiger partial charge < -0.3 is 9.15 Å². The van der Waals surface area contributed by atoms with E-state index in [1.54, 1.807) is 6.07 Å². The fourth-order valence-electron chi connectivity index (χ4n) is 1.27. The van der Waals surface area contributed by atoms with Gasteiger partial charge in [-0.1, -0.05) is 23.4 Å². The summed E-state index contributed by atoms with van der Waals surface area (Å²) in [6.07, 6.45) is 0.756. The Labute approximate surface area is 124 Å². The molecule has 1 aromatic carbocycles. The summed E-state index contributed by atoms with van der Waals surface area (Å²) >= 11 is 7.28. The summed E-state index contributed by atoms with van der Waals surface area (Å²) in [6, 6.07) is 11.0. The number of halogens is 1. The summed E-state index contributed by atoms with van der Waals surface area (Å²) in [6.45, 7) is 0. The highest BCUT2D eigenvalue weighted by Crippen LogP contribution is 2.29. The van der Waals surface area contributed by atoms with Crippen molar-refractivity contribution in [1.29, 1.82) is 0 Å². The number of ether oxygens (including phenoxy) is 1. The molecule has 20 heavy (non-hydrogen) atoms. The van der Waals surface area contributed by atoms with Crippen LogP contribution in [0.4, 0.5) is 4.79 Å². The van der Waals surface area contributed by atoms with Crippen LogP contribution in [0.3, 0.4) is 0 Å². The van der Waals surface area contributed by atoms with E-state index in [2.05, 4.69) is 15.3 Å². The van der Waals surface area contributed by atoms with Gasteiger partial charge in [0.1, 0.15) is 5.76 Å². The van der Waals surface area contributed by atoms with E-state index in [1.165, 1.54) is 25.1 Å². The lowest BCUT2D eigenvalue weighted by Crippen LogP contribution is -2.16. The fourth-order valence-corrected chi connectivity index (χ4v) is 2.18. The van der Waals surface area contributed by atoms with Gasteiger partial charge in [0.05, 0.1) is 13.3 Å². The highest BCUT2D eigenvalue weighted by molar-refractivity contribution is 7.99. The lowest BCUT2D eigenvalue weighted by Gasteiger charge is -1.97. The maximum Gasteiger partial charge on any atom is 0.427 e. The van der Waals surface area contributed by atoms with Crippen LogP contribution in [-0.2, 0) is 4.74 Å². The molecule has 0 aliphatic heterocycles. The van der Waals surface area contributed by atoms with E-state index in [0.717, 1.165) is 4.90 Å². The van der Waals surface area contributed by atoms with Crippen LogP contribution in [0, 0.1) is 0 Å². The summed E-state index contributed by atoms with van der Waals surface area (Å²) in [5.74, 6) is 0.526. The molecular formula is C13H11ClN2O3S. The molecule has 0 spiro atoms. The largest absolute Gasteiger partial charge is 0.452 e. The van der Waals surface area contributed by atoms with Crippen LogP contribution in [-0.4, -0.2) is 19.4 Å². The van der Waals surface area contributed by atoms with Crippen LogP contribution >= 0.6 is 23.4 Å². The van der Waals surface area contributed by atoms with Gasteiger partial charge in [0, 0.05) is 9.92 Å². The van der Waals surface area contributed by atoms with E-state index >= 15 is 0 Å². The molecule has 2 rings (SSSR count). The first-order valence-corrected chi connectivity index (χ1v) is 6.77. The van der Waals surface area contributed by atoms with Crippen LogP contribution in [0.15, 0.2) is 55.9 Å². The van der Waals surface area contributed by atoms with E-state index in [4.69, 9.17) is 16.0 Å². The van der Waals surface area contributed by atoms with Crippen LogP contribution in [0.5, 0.6) is 0 Å². The van der Waals surface area contributed by atoms with Crippen molar-refractivity contribution in [2.45, 2.75) is 9.99 Å². The second kappa shape index (κ2) is 7.02. The van der Waals surface area contributed by atoms with Crippen molar-refractivity contribution in [2.75, 3.05) is 7.11 Å². The van der Waals surface area contributed by atoms with Gasteiger partial charge in [-0.25, -0.2) is 10.2 Å². The SMILES string of the molecule is COC(=O)N/N=C/c1ccc(Sc2ccc(Cl)cc2)o1. The number of carbonyl (C=O) groups is 1. The van der Waals surface area contributed by atoms with Crippen LogP contribution in [0.2, 0.25) is 5.02 Å². The smallest absolute Gasteiger partial charge is 0.427 e. The van der Waals surface area contributed by atoms with Crippen molar-refractivity contribution < 1.29 is 13.9 Å². The molecule has 1 aromatic heterocycles. The number of methoxy groups -OCH3 is 1. The summed E-state index contributed by atoms with van der Waals surface area (Å²) in [5.41, 5.74) is 2.17. The molecule has 2 aromatic rings. The Balaban J connectivity index is 1.95. The van der Waals surface area contributed by atoms with Crippen LogP contribution in [0.1, 0.15) is 5.76 Å². The predicted octanol–water partition coefficient (Wildman–Crippen LogP) is 3.77. The maximum atomic E-state index is 10.8. The first kappa shape index (κ1) is 14.5. The molecule has 0 saturated carbocycles. The lowest BCUT2D eigenvalue weighted by atomic mass is 10.4. The van der Waals surface area contributed by atoms with Crippen LogP contribution < -0.4 is 5.43 Å². The van der Waals surface area contributed by atoms with E-state index in [1.807, 2.05) is 30.3 Å². The summed E-state index contributed by atoms with van der Waals surface area (Å²) in [4.78, 5) is 11.8. The third kappa shape index (κ3) is 4.32. The summed E-state index contributed by atoms with van der Waals surface area (Å²) < 4.78 is 9.89. The number of nitrogens with one attached hydrogen (secondary N) is 1. The van der Waals surface area contributed by atoms with Gasteiger partial charge in [0.15, 0.2) is 5.09 Å². The molecule has 0 atom stereocenters. The third-order valence-electron chi connectivity index (χ3n) is 2.17. The van der Waals surface area contributed by atoms with Gasteiger partial charge in [0.2, 0.25) is 0 Å². The second-order valence-electron chi connectivity index (χ2n) is 3.57. The van der Waals surface area contributed by atoms with E-state index in [9.17, 15) is 4.79 Å². The number of nitrogens with zero attached hydrogens (tertiary/aromatic N) is 1. The zero-order valence-corrected chi connectivity index (χ0v) is 12.1. The Morgan fingerprint density at radius 2 is 2.10 bits per heavy atom. The number of hydrogen-bond acceptors (Lipinski definition) is 5. The quantitative estimate of drug-likeness (QED) is 0.689. The normalized spacial score (nSPS) is 10.7. The molecule has 0 radical (unpaired) electrons. The van der Waals surface area contributed by atoms with Gasteiger partial charge in [0.25, 0.3) is 0 Å². The predicted molar refractivity (Wildman–Crippen MR) is 77.4 cm³/mol. The molecule has 0 bridgehead atoms. The first-order chi connectivity index (χ1) is 9.67. The Kier molecular flexibility index (Phi) is 5.09. The average molecular weight is 311 g/mol. The molecule has 0 saturated heterocycles. The van der Waals surface area contributed by atoms with Gasteiger partial charge >= 0.3 is 6.09 Å². The van der Waals surface area contributed by atoms with Crippen molar-refractivity contribution in [2.24, 2.45) is 5.10 Å². The van der Waals surface area contributed by atoms with Gasteiger partial charge in [-0.15, -0.1) is 0 Å². The van der Waals surface area contributed by atoms with Crippen molar-refractivity contribution in [3.63, 3.8) is 0 Å². The number of benzene rings is 1. The third-order valence-corrected chi connectivity index (χ3v) is 3.35. The minimum Gasteiger partial charge on any atom is -0.452 e. The lowest BCUT2D eigenvalue weighted by molar-refractivity contribution is 0.171. The molecule has 0 fully saturated rings. The minimum atomic E-state index is -0.636. The Bertz CT molecular complexity index is 610.